The Hall–Kier alpha value is -0.470. The number of nitrogens with zero attached hydrogens (tertiary/aromatic N) is 2. The van der Waals surface area contributed by atoms with Gasteiger partial charge in [-0.05, 0) is 70.1 Å². The Labute approximate surface area is 140 Å². The lowest BCUT2D eigenvalue weighted by Gasteiger charge is -2.15. The van der Waals surface area contributed by atoms with E-state index in [9.17, 15) is 4.39 Å². The first-order chi connectivity index (χ1) is 9.43. The molecule has 6 heteroatoms. The highest BCUT2D eigenvalue weighted by molar-refractivity contribution is 14.1. The standard InChI is InChI=1S/C14H16BrFIN3/c1-3-20-13(14(15)8(2)19-20)7-12(18)10-5-4-9(16)6-11(10)17/h4-6,12H,3,7,18H2,1-2H3. The number of rotatable bonds is 4. The summed E-state index contributed by atoms with van der Waals surface area (Å²) in [6.45, 7) is 4.82. The zero-order valence-corrected chi connectivity index (χ0v) is 15.1. The third kappa shape index (κ3) is 3.23. The molecular formula is C14H16BrFIN3. The number of hydrogen-bond acceptors (Lipinski definition) is 2. The van der Waals surface area contributed by atoms with E-state index >= 15 is 0 Å². The Morgan fingerprint density at radius 3 is 2.80 bits per heavy atom. The molecular weight excluding hydrogens is 436 g/mol. The molecule has 1 unspecified atom stereocenters. The maximum absolute atomic E-state index is 13.2. The fraction of sp³-hybridized carbons (Fsp3) is 0.357. The summed E-state index contributed by atoms with van der Waals surface area (Å²) >= 11 is 5.69. The zero-order chi connectivity index (χ0) is 14.9. The van der Waals surface area contributed by atoms with Crippen LogP contribution in [0.4, 0.5) is 4.39 Å². The minimum Gasteiger partial charge on any atom is -0.324 e. The summed E-state index contributed by atoms with van der Waals surface area (Å²) in [5, 5.41) is 4.46. The molecule has 0 bridgehead atoms. The average Bonchev–Trinajstić information content (AvgIpc) is 2.66. The molecule has 2 rings (SSSR count). The van der Waals surface area contributed by atoms with Gasteiger partial charge in [-0.3, -0.25) is 4.68 Å². The minimum atomic E-state index is -0.235. The Bertz CT molecular complexity index is 627. The van der Waals surface area contributed by atoms with Gasteiger partial charge in [0.1, 0.15) is 5.82 Å². The summed E-state index contributed by atoms with van der Waals surface area (Å²) in [5.74, 6) is -0.235. The quantitative estimate of drug-likeness (QED) is 0.715. The van der Waals surface area contributed by atoms with Crippen LogP contribution in [0.3, 0.4) is 0 Å². The molecule has 0 saturated heterocycles. The molecule has 0 aliphatic carbocycles. The van der Waals surface area contributed by atoms with Gasteiger partial charge in [-0.2, -0.15) is 5.10 Å². The highest BCUT2D eigenvalue weighted by Gasteiger charge is 2.18. The second-order valence-corrected chi connectivity index (χ2v) is 6.59. The van der Waals surface area contributed by atoms with Crippen molar-refractivity contribution >= 4 is 38.5 Å². The van der Waals surface area contributed by atoms with Crippen molar-refractivity contribution in [2.75, 3.05) is 0 Å². The molecule has 2 aromatic rings. The monoisotopic (exact) mass is 451 g/mol. The van der Waals surface area contributed by atoms with Crippen LogP contribution in [0.1, 0.15) is 29.9 Å². The number of halogens is 3. The van der Waals surface area contributed by atoms with Gasteiger partial charge < -0.3 is 5.73 Å². The summed E-state index contributed by atoms with van der Waals surface area (Å²) in [4.78, 5) is 0. The van der Waals surface area contributed by atoms with E-state index in [1.54, 1.807) is 6.07 Å². The van der Waals surface area contributed by atoms with Crippen LogP contribution < -0.4 is 5.73 Å². The molecule has 1 aromatic heterocycles. The van der Waals surface area contributed by atoms with Crippen LogP contribution >= 0.6 is 38.5 Å². The van der Waals surface area contributed by atoms with Crippen molar-refractivity contribution in [3.05, 3.63) is 49.0 Å². The predicted octanol–water partition coefficient (Wildman–Crippen LogP) is 3.96. The number of nitrogens with two attached hydrogens (primary N) is 1. The van der Waals surface area contributed by atoms with Gasteiger partial charge in [0.05, 0.1) is 15.9 Å². The summed E-state index contributed by atoms with van der Waals surface area (Å²) < 4.78 is 17.0. The minimum absolute atomic E-state index is 0.180. The Morgan fingerprint density at radius 2 is 2.20 bits per heavy atom. The van der Waals surface area contributed by atoms with Crippen LogP contribution in [0, 0.1) is 16.3 Å². The normalized spacial score (nSPS) is 12.7. The van der Waals surface area contributed by atoms with E-state index in [-0.39, 0.29) is 11.9 Å². The Balaban J connectivity index is 2.30. The zero-order valence-electron chi connectivity index (χ0n) is 11.3. The fourth-order valence-electron chi connectivity index (χ4n) is 2.18. The highest BCUT2D eigenvalue weighted by Crippen LogP contribution is 2.27. The van der Waals surface area contributed by atoms with Crippen LogP contribution in [-0.2, 0) is 13.0 Å². The van der Waals surface area contributed by atoms with Crippen molar-refractivity contribution in [2.24, 2.45) is 5.73 Å². The molecule has 0 spiro atoms. The molecule has 0 fully saturated rings. The third-order valence-electron chi connectivity index (χ3n) is 3.23. The predicted molar refractivity (Wildman–Crippen MR) is 90.1 cm³/mol. The summed E-state index contributed by atoms with van der Waals surface area (Å²) in [5.41, 5.74) is 9.29. The molecule has 0 saturated carbocycles. The largest absolute Gasteiger partial charge is 0.324 e. The first-order valence-corrected chi connectivity index (χ1v) is 8.23. The van der Waals surface area contributed by atoms with E-state index in [1.807, 2.05) is 11.6 Å². The molecule has 20 heavy (non-hydrogen) atoms. The van der Waals surface area contributed by atoms with Gasteiger partial charge in [0.25, 0.3) is 0 Å². The van der Waals surface area contributed by atoms with E-state index in [4.69, 9.17) is 5.73 Å². The lowest BCUT2D eigenvalue weighted by molar-refractivity contribution is 0.583. The number of hydrogen-bond donors (Lipinski definition) is 1. The van der Waals surface area contributed by atoms with Crippen molar-refractivity contribution in [2.45, 2.75) is 32.9 Å². The topological polar surface area (TPSA) is 43.8 Å². The third-order valence-corrected chi connectivity index (χ3v) is 5.19. The highest BCUT2D eigenvalue weighted by atomic mass is 127. The van der Waals surface area contributed by atoms with Crippen molar-refractivity contribution in [1.29, 1.82) is 0 Å². The summed E-state index contributed by atoms with van der Waals surface area (Å²) in [6, 6.07) is 4.54. The van der Waals surface area contributed by atoms with Gasteiger partial charge in [0.15, 0.2) is 0 Å². The summed E-state index contributed by atoms with van der Waals surface area (Å²) in [6.07, 6.45) is 0.664. The lowest BCUT2D eigenvalue weighted by Crippen LogP contribution is -2.17. The van der Waals surface area contributed by atoms with Gasteiger partial charge in [0.2, 0.25) is 0 Å². The Morgan fingerprint density at radius 1 is 1.50 bits per heavy atom. The van der Waals surface area contributed by atoms with Crippen molar-refractivity contribution in [3.63, 3.8) is 0 Å². The van der Waals surface area contributed by atoms with E-state index in [0.717, 1.165) is 31.5 Å². The van der Waals surface area contributed by atoms with E-state index in [1.165, 1.54) is 12.1 Å². The fourth-order valence-corrected chi connectivity index (χ4v) is 3.51. The van der Waals surface area contributed by atoms with E-state index in [2.05, 4.69) is 50.5 Å². The van der Waals surface area contributed by atoms with Crippen LogP contribution in [0.2, 0.25) is 0 Å². The number of aromatic nitrogens is 2. The van der Waals surface area contributed by atoms with Crippen molar-refractivity contribution in [3.8, 4) is 0 Å². The first kappa shape index (κ1) is 15.9. The smallest absolute Gasteiger partial charge is 0.124 e. The van der Waals surface area contributed by atoms with Gasteiger partial charge >= 0.3 is 0 Å². The molecule has 1 aromatic carbocycles. The maximum Gasteiger partial charge on any atom is 0.124 e. The Kier molecular flexibility index (Phi) is 5.19. The number of benzene rings is 1. The molecule has 0 amide bonds. The lowest BCUT2D eigenvalue weighted by atomic mass is 10.0. The molecule has 1 atom stereocenters. The van der Waals surface area contributed by atoms with Gasteiger partial charge in [-0.25, -0.2) is 4.39 Å². The van der Waals surface area contributed by atoms with E-state index < -0.39 is 0 Å². The van der Waals surface area contributed by atoms with Crippen LogP contribution in [0.25, 0.3) is 0 Å². The average molecular weight is 452 g/mol. The van der Waals surface area contributed by atoms with E-state index in [0.29, 0.717) is 6.42 Å². The van der Waals surface area contributed by atoms with Crippen LogP contribution in [0.5, 0.6) is 0 Å². The first-order valence-electron chi connectivity index (χ1n) is 6.36. The van der Waals surface area contributed by atoms with Crippen molar-refractivity contribution in [1.82, 2.24) is 9.78 Å². The SMILES string of the molecule is CCn1nc(C)c(Br)c1CC(N)c1ccc(F)cc1I. The second kappa shape index (κ2) is 6.53. The van der Waals surface area contributed by atoms with Gasteiger partial charge in [-0.1, -0.05) is 6.07 Å². The summed E-state index contributed by atoms with van der Waals surface area (Å²) in [7, 11) is 0. The second-order valence-electron chi connectivity index (χ2n) is 4.64. The molecule has 0 aliphatic rings. The maximum atomic E-state index is 13.2. The molecule has 2 N–H and O–H groups in total. The van der Waals surface area contributed by atoms with Gasteiger partial charge in [-0.15, -0.1) is 0 Å². The molecule has 3 nitrogen and oxygen atoms in total. The van der Waals surface area contributed by atoms with Crippen molar-refractivity contribution < 1.29 is 4.39 Å². The molecule has 0 radical (unpaired) electrons. The van der Waals surface area contributed by atoms with Crippen LogP contribution in [-0.4, -0.2) is 9.78 Å². The molecule has 0 aliphatic heterocycles. The van der Waals surface area contributed by atoms with Gasteiger partial charge in [0, 0.05) is 22.6 Å². The molecule has 1 heterocycles. The molecule has 108 valence electrons. The number of aryl methyl sites for hydroxylation is 2. The van der Waals surface area contributed by atoms with Crippen LogP contribution in [0.15, 0.2) is 22.7 Å².